The maximum atomic E-state index is 6.12. The maximum Gasteiger partial charge on any atom is 0.138 e. The minimum atomic E-state index is 0.510. The lowest BCUT2D eigenvalue weighted by atomic mass is 10.1. The van der Waals surface area contributed by atoms with Crippen LogP contribution < -0.4 is 10.1 Å². The topological polar surface area (TPSA) is 21.3 Å². The van der Waals surface area contributed by atoms with E-state index in [1.165, 1.54) is 5.56 Å². The van der Waals surface area contributed by atoms with Crippen LogP contribution in [0.3, 0.4) is 0 Å². The number of hydrogen-bond donors (Lipinski definition) is 1. The SMILES string of the molecule is C=C(C)COc1ccc(CCNC)cc1Cl. The summed E-state index contributed by atoms with van der Waals surface area (Å²) < 4.78 is 5.51. The lowest BCUT2D eigenvalue weighted by Crippen LogP contribution is -2.10. The van der Waals surface area contributed by atoms with Crippen LogP contribution in [0.1, 0.15) is 12.5 Å². The third kappa shape index (κ3) is 4.25. The molecule has 0 amide bonds. The Kier molecular flexibility index (Phi) is 5.36. The minimum absolute atomic E-state index is 0.510. The molecule has 0 heterocycles. The molecule has 0 bridgehead atoms. The third-order valence-electron chi connectivity index (χ3n) is 2.13. The summed E-state index contributed by atoms with van der Waals surface area (Å²) in [7, 11) is 1.94. The van der Waals surface area contributed by atoms with E-state index in [0.29, 0.717) is 11.6 Å². The van der Waals surface area contributed by atoms with E-state index >= 15 is 0 Å². The fourth-order valence-electron chi connectivity index (χ4n) is 1.29. The van der Waals surface area contributed by atoms with E-state index in [1.54, 1.807) is 0 Å². The highest BCUT2D eigenvalue weighted by Gasteiger charge is 2.03. The summed E-state index contributed by atoms with van der Waals surface area (Å²) in [5, 5.41) is 3.77. The number of rotatable bonds is 6. The van der Waals surface area contributed by atoms with Gasteiger partial charge < -0.3 is 10.1 Å². The van der Waals surface area contributed by atoms with Gasteiger partial charge in [-0.3, -0.25) is 0 Å². The Morgan fingerprint density at radius 1 is 1.50 bits per heavy atom. The molecule has 0 unspecified atom stereocenters. The smallest absolute Gasteiger partial charge is 0.138 e. The number of halogens is 1. The van der Waals surface area contributed by atoms with Gasteiger partial charge in [0.15, 0.2) is 0 Å². The van der Waals surface area contributed by atoms with Crippen LogP contribution in [0.15, 0.2) is 30.4 Å². The van der Waals surface area contributed by atoms with Crippen LogP contribution in [0, 0.1) is 0 Å². The summed E-state index contributed by atoms with van der Waals surface area (Å²) in [4.78, 5) is 0. The molecular formula is C13H18ClNO. The Balaban J connectivity index is 2.63. The van der Waals surface area contributed by atoms with Crippen molar-refractivity contribution in [3.8, 4) is 5.75 Å². The normalized spacial score (nSPS) is 10.2. The van der Waals surface area contributed by atoms with Crippen molar-refractivity contribution in [1.29, 1.82) is 0 Å². The van der Waals surface area contributed by atoms with E-state index in [0.717, 1.165) is 24.3 Å². The van der Waals surface area contributed by atoms with Crippen LogP contribution in [-0.4, -0.2) is 20.2 Å². The van der Waals surface area contributed by atoms with Crippen LogP contribution in [-0.2, 0) is 6.42 Å². The molecule has 0 atom stereocenters. The zero-order chi connectivity index (χ0) is 12.0. The fraction of sp³-hybridized carbons (Fsp3) is 0.385. The highest BCUT2D eigenvalue weighted by molar-refractivity contribution is 6.32. The van der Waals surface area contributed by atoms with Gasteiger partial charge in [0.1, 0.15) is 12.4 Å². The lowest BCUT2D eigenvalue weighted by Gasteiger charge is -2.09. The van der Waals surface area contributed by atoms with E-state index in [9.17, 15) is 0 Å². The zero-order valence-electron chi connectivity index (χ0n) is 9.85. The number of benzene rings is 1. The van der Waals surface area contributed by atoms with Gasteiger partial charge in [-0.1, -0.05) is 24.2 Å². The highest BCUT2D eigenvalue weighted by Crippen LogP contribution is 2.25. The molecular weight excluding hydrogens is 222 g/mol. The van der Waals surface area contributed by atoms with Gasteiger partial charge in [-0.15, -0.1) is 0 Å². The second-order valence-electron chi connectivity index (χ2n) is 3.86. The van der Waals surface area contributed by atoms with Gasteiger partial charge in [0.2, 0.25) is 0 Å². The first-order valence-corrected chi connectivity index (χ1v) is 5.71. The van der Waals surface area contributed by atoms with Crippen molar-refractivity contribution in [1.82, 2.24) is 5.32 Å². The second kappa shape index (κ2) is 6.56. The molecule has 1 aromatic carbocycles. The molecule has 0 spiro atoms. The van der Waals surface area contributed by atoms with Crippen LogP contribution in [0.5, 0.6) is 5.75 Å². The number of ether oxygens (including phenoxy) is 1. The van der Waals surface area contributed by atoms with Gasteiger partial charge >= 0.3 is 0 Å². The van der Waals surface area contributed by atoms with E-state index in [4.69, 9.17) is 16.3 Å². The average Bonchev–Trinajstić information content (AvgIpc) is 2.24. The average molecular weight is 240 g/mol. The predicted molar refractivity (Wildman–Crippen MR) is 69.4 cm³/mol. The quantitative estimate of drug-likeness (QED) is 0.771. The monoisotopic (exact) mass is 239 g/mol. The van der Waals surface area contributed by atoms with Crippen molar-refractivity contribution in [3.05, 3.63) is 40.9 Å². The Morgan fingerprint density at radius 3 is 2.81 bits per heavy atom. The summed E-state index contributed by atoms with van der Waals surface area (Å²) in [6, 6.07) is 5.90. The van der Waals surface area contributed by atoms with Crippen molar-refractivity contribution in [2.24, 2.45) is 0 Å². The molecule has 88 valence electrons. The largest absolute Gasteiger partial charge is 0.488 e. The van der Waals surface area contributed by atoms with Crippen molar-refractivity contribution in [3.63, 3.8) is 0 Å². The summed E-state index contributed by atoms with van der Waals surface area (Å²) in [6.07, 6.45) is 0.969. The molecule has 1 aromatic rings. The van der Waals surface area contributed by atoms with Crippen molar-refractivity contribution in [2.45, 2.75) is 13.3 Å². The highest BCUT2D eigenvalue weighted by atomic mass is 35.5. The summed E-state index contributed by atoms with van der Waals surface area (Å²) >= 11 is 6.12. The molecule has 0 saturated carbocycles. The standard InChI is InChI=1S/C13H18ClNO/c1-10(2)9-16-13-5-4-11(6-7-15-3)8-12(13)14/h4-5,8,15H,1,6-7,9H2,2-3H3. The van der Waals surface area contributed by atoms with Gasteiger partial charge in [-0.05, 0) is 50.2 Å². The van der Waals surface area contributed by atoms with Gasteiger partial charge in [0.05, 0.1) is 5.02 Å². The van der Waals surface area contributed by atoms with Gasteiger partial charge in [0.25, 0.3) is 0 Å². The van der Waals surface area contributed by atoms with Crippen molar-refractivity contribution in [2.75, 3.05) is 20.2 Å². The molecule has 16 heavy (non-hydrogen) atoms. The van der Waals surface area contributed by atoms with E-state index in [-0.39, 0.29) is 0 Å². The molecule has 0 fully saturated rings. The predicted octanol–water partition coefficient (Wildman–Crippen LogP) is 3.06. The first-order chi connectivity index (χ1) is 7.63. The number of likely N-dealkylation sites (N-methyl/N-ethyl adjacent to an activating group) is 1. The number of hydrogen-bond acceptors (Lipinski definition) is 2. The van der Waals surface area contributed by atoms with Crippen molar-refractivity contribution >= 4 is 11.6 Å². The van der Waals surface area contributed by atoms with E-state index < -0.39 is 0 Å². The summed E-state index contributed by atoms with van der Waals surface area (Å²) in [5.41, 5.74) is 2.19. The molecule has 0 radical (unpaired) electrons. The molecule has 2 nitrogen and oxygen atoms in total. The molecule has 1 rings (SSSR count). The zero-order valence-corrected chi connectivity index (χ0v) is 10.6. The molecule has 1 N–H and O–H groups in total. The lowest BCUT2D eigenvalue weighted by molar-refractivity contribution is 0.353. The van der Waals surface area contributed by atoms with Gasteiger partial charge in [0, 0.05) is 0 Å². The molecule has 3 heteroatoms. The number of nitrogens with one attached hydrogen (secondary N) is 1. The van der Waals surface area contributed by atoms with Gasteiger partial charge in [-0.2, -0.15) is 0 Å². The molecule has 0 aliphatic carbocycles. The summed E-state index contributed by atoms with van der Waals surface area (Å²) in [5.74, 6) is 0.720. The van der Waals surface area contributed by atoms with Crippen LogP contribution in [0.4, 0.5) is 0 Å². The molecule has 0 aliphatic rings. The first kappa shape index (κ1) is 13.1. The maximum absolute atomic E-state index is 6.12. The van der Waals surface area contributed by atoms with E-state index in [1.807, 2.05) is 32.2 Å². The Hall–Kier alpha value is -0.990. The minimum Gasteiger partial charge on any atom is -0.488 e. The molecule has 0 aliphatic heterocycles. The Morgan fingerprint density at radius 2 is 2.25 bits per heavy atom. The Bertz CT molecular complexity index is 363. The third-order valence-corrected chi connectivity index (χ3v) is 2.43. The molecule has 0 aromatic heterocycles. The first-order valence-electron chi connectivity index (χ1n) is 5.33. The van der Waals surface area contributed by atoms with Gasteiger partial charge in [-0.25, -0.2) is 0 Å². The van der Waals surface area contributed by atoms with Crippen LogP contribution >= 0.6 is 11.6 Å². The Labute approximate surface area is 102 Å². The fourth-order valence-corrected chi connectivity index (χ4v) is 1.54. The molecule has 0 saturated heterocycles. The van der Waals surface area contributed by atoms with E-state index in [2.05, 4.69) is 11.9 Å². The summed E-state index contributed by atoms with van der Waals surface area (Å²) in [6.45, 7) is 7.16. The van der Waals surface area contributed by atoms with Crippen LogP contribution in [0.2, 0.25) is 5.02 Å². The second-order valence-corrected chi connectivity index (χ2v) is 4.27. The van der Waals surface area contributed by atoms with Crippen molar-refractivity contribution < 1.29 is 4.74 Å². The van der Waals surface area contributed by atoms with Crippen LogP contribution in [0.25, 0.3) is 0 Å².